The Morgan fingerprint density at radius 3 is 2.40 bits per heavy atom. The van der Waals surface area contributed by atoms with E-state index in [1.807, 2.05) is 6.07 Å². The van der Waals surface area contributed by atoms with Gasteiger partial charge in [0.15, 0.2) is 0 Å². The van der Waals surface area contributed by atoms with E-state index in [0.29, 0.717) is 40.3 Å². The van der Waals surface area contributed by atoms with Crippen LogP contribution in [0.25, 0.3) is 11.1 Å². The molecule has 0 unspecified atom stereocenters. The van der Waals surface area contributed by atoms with Gasteiger partial charge in [0.05, 0.1) is 17.1 Å². The van der Waals surface area contributed by atoms with Crippen molar-refractivity contribution in [3.63, 3.8) is 0 Å². The lowest BCUT2D eigenvalue weighted by Crippen LogP contribution is -2.19. The third-order valence-electron chi connectivity index (χ3n) is 5.36. The topological polar surface area (TPSA) is 157 Å². The summed E-state index contributed by atoms with van der Waals surface area (Å²) in [5, 5.41) is 20.4. The summed E-state index contributed by atoms with van der Waals surface area (Å²) in [6.45, 7) is 2.09. The van der Waals surface area contributed by atoms with Crippen LogP contribution in [0.5, 0.6) is 0 Å². The summed E-state index contributed by atoms with van der Waals surface area (Å²) >= 11 is 0. The van der Waals surface area contributed by atoms with E-state index in [0.717, 1.165) is 5.56 Å². The van der Waals surface area contributed by atoms with E-state index in [1.165, 1.54) is 6.07 Å². The maximum Gasteiger partial charge on any atom is 0.273 e. The highest BCUT2D eigenvalue weighted by molar-refractivity contribution is 7.89. The number of carbonyl (C=O) groups excluding carboxylic acids is 1. The number of anilines is 1. The highest BCUT2D eigenvalue weighted by Gasteiger charge is 2.20. The molecule has 1 amide bonds. The lowest BCUT2D eigenvalue weighted by atomic mass is 10.0. The zero-order chi connectivity index (χ0) is 25.2. The number of nitrogens with one attached hydrogen (secondary N) is 2. The second-order valence-corrected chi connectivity index (χ2v) is 9.51. The zero-order valence-electron chi connectivity index (χ0n) is 18.9. The van der Waals surface area contributed by atoms with Crippen LogP contribution in [0.2, 0.25) is 0 Å². The summed E-state index contributed by atoms with van der Waals surface area (Å²) in [5.74, 6) is -0.452. The number of aryl methyl sites for hydroxylation is 1. The van der Waals surface area contributed by atoms with E-state index in [1.54, 1.807) is 78.3 Å². The Morgan fingerprint density at radius 1 is 1.00 bits per heavy atom. The molecule has 6 N–H and O–H groups in total. The van der Waals surface area contributed by atoms with Crippen LogP contribution in [-0.4, -0.2) is 29.9 Å². The Morgan fingerprint density at radius 2 is 1.69 bits per heavy atom. The monoisotopic (exact) mass is 488 g/mol. The summed E-state index contributed by atoms with van der Waals surface area (Å²) in [4.78, 5) is 13.3. The van der Waals surface area contributed by atoms with Crippen molar-refractivity contribution in [1.82, 2.24) is 9.78 Å². The van der Waals surface area contributed by atoms with Gasteiger partial charge in [-0.2, -0.15) is 5.10 Å². The van der Waals surface area contributed by atoms with Crippen molar-refractivity contribution < 1.29 is 13.2 Å². The van der Waals surface area contributed by atoms with E-state index < -0.39 is 15.9 Å². The number of hydrogen-bond donors (Lipinski definition) is 4. The molecule has 1 heterocycles. The summed E-state index contributed by atoms with van der Waals surface area (Å²) in [6.07, 6.45) is 0. The molecule has 0 atom stereocenters. The van der Waals surface area contributed by atoms with Gasteiger partial charge in [0.1, 0.15) is 11.5 Å². The minimum atomic E-state index is -3.98. The Balaban J connectivity index is 1.68. The largest absolute Gasteiger partial charge is 0.384 e. The van der Waals surface area contributed by atoms with Crippen LogP contribution < -0.4 is 16.2 Å². The second-order valence-electron chi connectivity index (χ2n) is 7.98. The minimum Gasteiger partial charge on any atom is -0.384 e. The number of benzene rings is 3. The molecule has 3 aromatic carbocycles. The predicted molar refractivity (Wildman–Crippen MR) is 135 cm³/mol. The van der Waals surface area contributed by atoms with Gasteiger partial charge in [-0.05, 0) is 36.8 Å². The molecule has 0 fully saturated rings. The van der Waals surface area contributed by atoms with Crippen LogP contribution in [-0.2, 0) is 16.6 Å². The summed E-state index contributed by atoms with van der Waals surface area (Å²) in [7, 11) is -3.98. The number of para-hydroxylation sites is 1. The number of amides is 1. The summed E-state index contributed by atoms with van der Waals surface area (Å²) < 4.78 is 25.8. The van der Waals surface area contributed by atoms with Crippen molar-refractivity contribution >= 4 is 27.5 Å². The first-order chi connectivity index (χ1) is 16.6. The van der Waals surface area contributed by atoms with Crippen LogP contribution >= 0.6 is 0 Å². The van der Waals surface area contributed by atoms with Gasteiger partial charge in [0, 0.05) is 22.4 Å². The lowest BCUT2D eigenvalue weighted by molar-refractivity contribution is 0.101. The molecule has 4 rings (SSSR count). The van der Waals surface area contributed by atoms with Gasteiger partial charge < -0.3 is 11.1 Å². The standard InChI is InChI=1S/C25H24N6O3S/c1-16-13-22(31(30-16)15-17-7-6-8-18(14-17)24(26)27)25(32)29-21-11-4-2-9-19(21)20-10-3-5-12-23(20)35(28,33)34/h2-14H,15H2,1H3,(H3,26,27)(H,29,32)(H2,28,33,34). The molecule has 0 aliphatic heterocycles. The smallest absolute Gasteiger partial charge is 0.273 e. The number of amidine groups is 1. The van der Waals surface area contributed by atoms with Gasteiger partial charge in [-0.3, -0.25) is 14.9 Å². The second kappa shape index (κ2) is 9.53. The van der Waals surface area contributed by atoms with E-state index in [2.05, 4.69) is 10.4 Å². The SMILES string of the molecule is Cc1cc(C(=O)Nc2ccccc2-c2ccccc2S(N)(=O)=O)n(Cc2cccc(C(=N)N)c2)n1. The molecule has 35 heavy (non-hydrogen) atoms. The molecule has 1 aromatic heterocycles. The van der Waals surface area contributed by atoms with Gasteiger partial charge in [0.25, 0.3) is 5.91 Å². The van der Waals surface area contributed by atoms with Crippen LogP contribution in [0.3, 0.4) is 0 Å². The molecule has 10 heteroatoms. The summed E-state index contributed by atoms with van der Waals surface area (Å²) in [5.41, 5.74) is 9.32. The van der Waals surface area contributed by atoms with Crippen LogP contribution in [0.1, 0.15) is 27.3 Å². The number of sulfonamides is 1. The number of aromatic nitrogens is 2. The third kappa shape index (κ3) is 5.29. The number of nitrogens with zero attached hydrogens (tertiary/aromatic N) is 2. The molecule has 0 saturated carbocycles. The predicted octanol–water partition coefficient (Wildman–Crippen LogP) is 3.09. The number of primary sulfonamides is 1. The molecule has 0 spiro atoms. The first-order valence-electron chi connectivity index (χ1n) is 10.6. The molecule has 4 aromatic rings. The van der Waals surface area contributed by atoms with Crippen LogP contribution in [0, 0.1) is 12.3 Å². The Bertz CT molecular complexity index is 1540. The minimum absolute atomic E-state index is 0.0343. The molecule has 0 saturated heterocycles. The number of carbonyl (C=O) groups is 1. The molecule has 0 aliphatic rings. The first kappa shape index (κ1) is 23.9. The average Bonchev–Trinajstić information content (AvgIpc) is 3.19. The molecule has 0 bridgehead atoms. The van der Waals surface area contributed by atoms with Crippen molar-refractivity contribution in [2.45, 2.75) is 18.4 Å². The van der Waals surface area contributed by atoms with Crippen molar-refractivity contribution in [2.75, 3.05) is 5.32 Å². The number of nitrogens with two attached hydrogens (primary N) is 2. The fourth-order valence-electron chi connectivity index (χ4n) is 3.81. The molecule has 178 valence electrons. The quantitative estimate of drug-likeness (QED) is 0.232. The van der Waals surface area contributed by atoms with Crippen molar-refractivity contribution in [2.24, 2.45) is 10.9 Å². The highest BCUT2D eigenvalue weighted by Crippen LogP contribution is 2.32. The lowest BCUT2D eigenvalue weighted by Gasteiger charge is -2.14. The van der Waals surface area contributed by atoms with E-state index >= 15 is 0 Å². The number of nitrogen functional groups attached to an aromatic ring is 1. The zero-order valence-corrected chi connectivity index (χ0v) is 19.7. The van der Waals surface area contributed by atoms with Gasteiger partial charge >= 0.3 is 0 Å². The first-order valence-corrected chi connectivity index (χ1v) is 12.2. The van der Waals surface area contributed by atoms with Crippen molar-refractivity contribution in [3.8, 4) is 11.1 Å². The summed E-state index contributed by atoms with van der Waals surface area (Å²) in [6, 6.07) is 22.1. The van der Waals surface area contributed by atoms with Crippen molar-refractivity contribution in [3.05, 3.63) is 101 Å². The van der Waals surface area contributed by atoms with E-state index in [4.69, 9.17) is 16.3 Å². The molecular formula is C25H24N6O3S. The molecule has 0 aliphatic carbocycles. The average molecular weight is 489 g/mol. The molecule has 9 nitrogen and oxygen atoms in total. The fourth-order valence-corrected chi connectivity index (χ4v) is 4.56. The van der Waals surface area contributed by atoms with E-state index in [9.17, 15) is 13.2 Å². The highest BCUT2D eigenvalue weighted by atomic mass is 32.2. The maximum atomic E-state index is 13.3. The van der Waals surface area contributed by atoms with Crippen molar-refractivity contribution in [1.29, 1.82) is 5.41 Å². The Kier molecular flexibility index (Phi) is 6.50. The maximum absolute atomic E-state index is 13.3. The molecular weight excluding hydrogens is 464 g/mol. The van der Waals surface area contributed by atoms with Gasteiger partial charge in [-0.1, -0.05) is 54.6 Å². The molecule has 0 radical (unpaired) electrons. The van der Waals surface area contributed by atoms with Crippen LogP contribution in [0.15, 0.2) is 83.8 Å². The number of hydrogen-bond acceptors (Lipinski definition) is 5. The Labute approximate surface area is 203 Å². The van der Waals surface area contributed by atoms with Gasteiger partial charge in [-0.25, -0.2) is 13.6 Å². The third-order valence-corrected chi connectivity index (χ3v) is 6.33. The van der Waals surface area contributed by atoms with Gasteiger partial charge in [-0.15, -0.1) is 0 Å². The normalized spacial score (nSPS) is 11.3. The fraction of sp³-hybridized carbons (Fsp3) is 0.0800. The number of rotatable bonds is 7. The van der Waals surface area contributed by atoms with Crippen LogP contribution in [0.4, 0.5) is 5.69 Å². The van der Waals surface area contributed by atoms with E-state index in [-0.39, 0.29) is 10.7 Å². The van der Waals surface area contributed by atoms with Gasteiger partial charge in [0.2, 0.25) is 10.0 Å². The Hall–Kier alpha value is -4.28.